The van der Waals surface area contributed by atoms with Gasteiger partial charge in [0.05, 0.1) is 15.6 Å². The molecule has 1 aliphatic heterocycles. The first-order valence-electron chi connectivity index (χ1n) is 14.5. The van der Waals surface area contributed by atoms with E-state index >= 15 is 0 Å². The Hall–Kier alpha value is -3.69. The molecule has 3 aliphatic carbocycles. The summed E-state index contributed by atoms with van der Waals surface area (Å²) in [6.07, 6.45) is 9.22. The van der Waals surface area contributed by atoms with Gasteiger partial charge in [-0.3, -0.25) is 4.98 Å². The highest BCUT2D eigenvalue weighted by Crippen LogP contribution is 2.54. The smallest absolute Gasteiger partial charge is 0.354 e. The maximum Gasteiger partial charge on any atom is 0.354 e. The topological polar surface area (TPSA) is 102 Å². The molecular formula is C32H27Cl2FN4O4. The molecule has 3 aromatic heterocycles. The second-order valence-corrected chi connectivity index (χ2v) is 12.9. The van der Waals surface area contributed by atoms with E-state index in [0.717, 1.165) is 48.3 Å². The van der Waals surface area contributed by atoms with E-state index in [9.17, 15) is 14.3 Å². The molecule has 8 nitrogen and oxygen atoms in total. The van der Waals surface area contributed by atoms with Crippen LogP contribution in [-0.2, 0) is 0 Å². The molecule has 43 heavy (non-hydrogen) atoms. The molecule has 4 heterocycles. The minimum Gasteiger partial charge on any atom is -0.489 e. The van der Waals surface area contributed by atoms with Crippen LogP contribution in [0.4, 0.5) is 10.1 Å². The van der Waals surface area contributed by atoms with Crippen LogP contribution < -0.4 is 9.64 Å². The quantitative estimate of drug-likeness (QED) is 0.217. The highest BCUT2D eigenvalue weighted by atomic mass is 35.5. The van der Waals surface area contributed by atoms with Gasteiger partial charge in [-0.25, -0.2) is 14.2 Å². The van der Waals surface area contributed by atoms with Crippen molar-refractivity contribution in [2.24, 2.45) is 17.8 Å². The molecule has 2 atom stereocenters. The van der Waals surface area contributed by atoms with Crippen LogP contribution in [0.3, 0.4) is 0 Å². The number of hydrogen-bond donors (Lipinski definition) is 1. The number of ether oxygens (including phenoxy) is 1. The monoisotopic (exact) mass is 620 g/mol. The molecule has 4 aliphatic rings. The summed E-state index contributed by atoms with van der Waals surface area (Å²) in [4.78, 5) is 22.4. The summed E-state index contributed by atoms with van der Waals surface area (Å²) >= 11 is 12.9. The van der Waals surface area contributed by atoms with Gasteiger partial charge in [-0.15, -0.1) is 0 Å². The van der Waals surface area contributed by atoms with E-state index in [1.165, 1.54) is 6.07 Å². The Bertz CT molecular complexity index is 1770. The summed E-state index contributed by atoms with van der Waals surface area (Å²) in [5.41, 5.74) is 3.74. The number of piperidine rings is 1. The summed E-state index contributed by atoms with van der Waals surface area (Å²) in [6, 6.07) is 7.28. The van der Waals surface area contributed by atoms with Crippen molar-refractivity contribution in [3.8, 4) is 17.0 Å². The van der Waals surface area contributed by atoms with Gasteiger partial charge in [-0.05, 0) is 48.8 Å². The molecule has 8 rings (SSSR count). The second kappa shape index (κ2) is 10.2. The number of fused-ring (bicyclic) bond motifs is 2. The van der Waals surface area contributed by atoms with Crippen molar-refractivity contribution >= 4 is 51.8 Å². The largest absolute Gasteiger partial charge is 0.489 e. The van der Waals surface area contributed by atoms with Crippen LogP contribution in [0, 0.1) is 17.8 Å². The number of rotatable bonds is 8. The summed E-state index contributed by atoms with van der Waals surface area (Å²) in [7, 11) is 0. The van der Waals surface area contributed by atoms with Crippen LogP contribution in [0.25, 0.3) is 28.2 Å². The Kier molecular flexibility index (Phi) is 6.38. The Morgan fingerprint density at radius 1 is 1.12 bits per heavy atom. The molecule has 3 saturated carbocycles. The van der Waals surface area contributed by atoms with Crippen molar-refractivity contribution in [1.82, 2.24) is 15.1 Å². The highest BCUT2D eigenvalue weighted by Gasteiger charge is 2.54. The third-order valence-corrected chi connectivity index (χ3v) is 9.78. The number of anilines is 1. The number of aromatic nitrogens is 3. The summed E-state index contributed by atoms with van der Waals surface area (Å²) in [5, 5.41) is 15.5. The zero-order valence-electron chi connectivity index (χ0n) is 22.9. The SMILES string of the molecule is O=C(O)c1cc(O[C@H]2C[C@H](F)C2)c2cc(N3CC4C(/C=C/c5c(-c6c(Cl)cncc6Cl)noc5C5CC5)C4C3)ccc2n1. The molecule has 1 N–H and O–H groups in total. The Morgan fingerprint density at radius 3 is 2.53 bits per heavy atom. The normalized spacial score (nSPS) is 26.1. The third kappa shape index (κ3) is 4.83. The molecule has 2 unspecified atom stereocenters. The van der Waals surface area contributed by atoms with Crippen molar-refractivity contribution in [1.29, 1.82) is 0 Å². The van der Waals surface area contributed by atoms with Gasteiger partial charge in [0.2, 0.25) is 0 Å². The Morgan fingerprint density at radius 2 is 1.86 bits per heavy atom. The molecule has 220 valence electrons. The van der Waals surface area contributed by atoms with E-state index in [4.69, 9.17) is 32.5 Å². The van der Waals surface area contributed by atoms with Gasteiger partial charge < -0.3 is 19.3 Å². The van der Waals surface area contributed by atoms with Gasteiger partial charge in [0.15, 0.2) is 5.69 Å². The molecule has 0 radical (unpaired) electrons. The molecule has 11 heteroatoms. The van der Waals surface area contributed by atoms with Crippen molar-refractivity contribution in [2.45, 2.75) is 43.9 Å². The number of allylic oxidation sites excluding steroid dienone is 1. The number of hydrogen-bond acceptors (Lipinski definition) is 7. The zero-order valence-corrected chi connectivity index (χ0v) is 24.4. The number of alkyl halides is 1. The first-order chi connectivity index (χ1) is 20.8. The number of aromatic carboxylic acids is 1. The van der Waals surface area contributed by atoms with Gasteiger partial charge in [0.1, 0.15) is 29.5 Å². The molecule has 1 aromatic carbocycles. The average molecular weight is 621 g/mol. The number of halogens is 3. The lowest BCUT2D eigenvalue weighted by Gasteiger charge is -2.30. The maximum absolute atomic E-state index is 13.4. The predicted octanol–water partition coefficient (Wildman–Crippen LogP) is 7.44. The number of carboxylic acid groups (broad SMARTS) is 1. The van der Waals surface area contributed by atoms with Gasteiger partial charge in [-0.1, -0.05) is 40.5 Å². The lowest BCUT2D eigenvalue weighted by atomic mass is 9.93. The van der Waals surface area contributed by atoms with Crippen molar-refractivity contribution in [3.63, 3.8) is 0 Å². The molecule has 0 amide bonds. The van der Waals surface area contributed by atoms with E-state index in [1.54, 1.807) is 12.4 Å². The number of carbonyl (C=O) groups is 1. The second-order valence-electron chi connectivity index (χ2n) is 12.1. The molecule has 0 spiro atoms. The van der Waals surface area contributed by atoms with Gasteiger partial charge >= 0.3 is 5.97 Å². The molecule has 1 saturated heterocycles. The molecule has 4 fully saturated rings. The van der Waals surface area contributed by atoms with Crippen LogP contribution in [0.15, 0.2) is 47.3 Å². The number of nitrogens with zero attached hydrogens (tertiary/aromatic N) is 4. The zero-order chi connectivity index (χ0) is 29.4. The van der Waals surface area contributed by atoms with Crippen molar-refractivity contribution in [2.75, 3.05) is 18.0 Å². The van der Waals surface area contributed by atoms with Crippen LogP contribution in [0.5, 0.6) is 5.75 Å². The molecule has 4 aromatic rings. The molecule has 0 bridgehead atoms. The fourth-order valence-corrected chi connectivity index (χ4v) is 7.11. The van der Waals surface area contributed by atoms with E-state index in [0.29, 0.717) is 69.1 Å². The standard InChI is InChI=1S/C32H27Cl2FN4O4/c33-24-11-36-12-25(34)29(24)30-20(31(43-38-30)15-1-2-15)5-4-19-22-13-39(14-23(19)22)17-3-6-26-21(9-17)28(10-27(37-26)32(40)41)42-18-7-16(35)8-18/h3-6,9-12,15-16,18-19,22-23H,1-2,7-8,13-14H2,(H,40,41)/b5-4+/t16-,18-,19?,22?,23?. The van der Waals surface area contributed by atoms with Crippen molar-refractivity contribution in [3.05, 3.63) is 69.8 Å². The summed E-state index contributed by atoms with van der Waals surface area (Å²) < 4.78 is 25.3. The van der Waals surface area contributed by atoms with Gasteiger partial charge in [-0.2, -0.15) is 0 Å². The fourth-order valence-electron chi connectivity index (χ4n) is 6.57. The van der Waals surface area contributed by atoms with Gasteiger partial charge in [0.25, 0.3) is 0 Å². The minimum atomic E-state index is -1.12. The maximum atomic E-state index is 13.4. The minimum absolute atomic E-state index is 0.0854. The fraction of sp³-hybridized carbons (Fsp3) is 0.375. The number of benzene rings is 1. The Balaban J connectivity index is 1.02. The molecular weight excluding hydrogens is 594 g/mol. The first kappa shape index (κ1) is 26.9. The third-order valence-electron chi connectivity index (χ3n) is 9.21. The number of carboxylic acids is 1. The lowest BCUT2D eigenvalue weighted by Crippen LogP contribution is -2.35. The van der Waals surface area contributed by atoms with Crippen molar-refractivity contribution < 1.29 is 23.6 Å². The average Bonchev–Trinajstić information content (AvgIpc) is 3.83. The highest BCUT2D eigenvalue weighted by molar-refractivity contribution is 6.39. The summed E-state index contributed by atoms with van der Waals surface area (Å²) in [5.74, 6) is 2.07. The van der Waals surface area contributed by atoms with E-state index < -0.39 is 12.1 Å². The van der Waals surface area contributed by atoms with Gasteiger partial charge in [0, 0.05) is 72.5 Å². The predicted molar refractivity (Wildman–Crippen MR) is 161 cm³/mol. The number of pyridine rings is 2. The van der Waals surface area contributed by atoms with Crippen LogP contribution in [-0.4, -0.2) is 51.6 Å². The van der Waals surface area contributed by atoms with Crippen LogP contribution in [0.2, 0.25) is 10.0 Å². The van der Waals surface area contributed by atoms with E-state index in [2.05, 4.69) is 32.2 Å². The van der Waals surface area contributed by atoms with Crippen LogP contribution in [0.1, 0.15) is 53.4 Å². The van der Waals surface area contributed by atoms with E-state index in [1.807, 2.05) is 18.2 Å². The van der Waals surface area contributed by atoms with E-state index in [-0.39, 0.29) is 11.8 Å². The lowest BCUT2D eigenvalue weighted by molar-refractivity contribution is 0.0417. The first-order valence-corrected chi connectivity index (χ1v) is 15.3. The van der Waals surface area contributed by atoms with Crippen LogP contribution >= 0.6 is 23.2 Å². The Labute approximate surface area is 256 Å². The summed E-state index contributed by atoms with van der Waals surface area (Å²) in [6.45, 7) is 1.81.